The second-order valence-corrected chi connectivity index (χ2v) is 7.33. The van der Waals surface area contributed by atoms with Crippen LogP contribution in [0.25, 0.3) is 5.69 Å². The van der Waals surface area contributed by atoms with Gasteiger partial charge in [0.05, 0.1) is 17.4 Å². The number of benzene rings is 1. The summed E-state index contributed by atoms with van der Waals surface area (Å²) < 4.78 is 3.20. The van der Waals surface area contributed by atoms with Gasteiger partial charge in [0.1, 0.15) is 5.82 Å². The Labute approximate surface area is 146 Å². The van der Waals surface area contributed by atoms with Crippen LogP contribution in [0.1, 0.15) is 43.5 Å². The molecule has 5 heteroatoms. The molecule has 4 nitrogen and oxygen atoms in total. The lowest BCUT2D eigenvalue weighted by Crippen LogP contribution is -2.33. The van der Waals surface area contributed by atoms with Crippen LogP contribution >= 0.6 is 15.9 Å². The summed E-state index contributed by atoms with van der Waals surface area (Å²) in [6, 6.07) is 8.90. The van der Waals surface area contributed by atoms with Crippen molar-refractivity contribution in [3.63, 3.8) is 0 Å². The van der Waals surface area contributed by atoms with Crippen molar-refractivity contribution in [2.24, 2.45) is 0 Å². The predicted molar refractivity (Wildman–Crippen MR) is 97.3 cm³/mol. The van der Waals surface area contributed by atoms with Crippen molar-refractivity contribution in [1.29, 1.82) is 0 Å². The first-order chi connectivity index (χ1) is 11.3. The van der Waals surface area contributed by atoms with Gasteiger partial charge in [-0.1, -0.05) is 29.3 Å². The van der Waals surface area contributed by atoms with Crippen LogP contribution in [0.5, 0.6) is 0 Å². The summed E-state index contributed by atoms with van der Waals surface area (Å²) in [5.74, 6) is 1.20. The van der Waals surface area contributed by atoms with Crippen molar-refractivity contribution in [3.8, 4) is 5.69 Å². The Morgan fingerprint density at radius 1 is 1.26 bits per heavy atom. The monoisotopic (exact) mass is 374 g/mol. The maximum atomic E-state index is 5.05. The maximum absolute atomic E-state index is 5.05. The number of hydrogen-bond donors (Lipinski definition) is 1. The number of nitrogens with zero attached hydrogens (tertiary/aromatic N) is 3. The molecule has 3 heterocycles. The van der Waals surface area contributed by atoms with Crippen LogP contribution in [0.3, 0.4) is 0 Å². The summed E-state index contributed by atoms with van der Waals surface area (Å²) in [7, 11) is 0. The minimum absolute atomic E-state index is 0.485. The number of aromatic nitrogens is 2. The van der Waals surface area contributed by atoms with E-state index < -0.39 is 0 Å². The SMILES string of the molecule is CCN1CCCCC1c1nn(-c2ccc(Br)cc2)c2c1CCN2. The third-order valence-electron chi connectivity index (χ3n) is 5.09. The Morgan fingerprint density at radius 3 is 2.87 bits per heavy atom. The molecular weight excluding hydrogens is 352 g/mol. The van der Waals surface area contributed by atoms with Crippen LogP contribution in [-0.4, -0.2) is 34.3 Å². The summed E-state index contributed by atoms with van der Waals surface area (Å²) >= 11 is 3.51. The minimum atomic E-state index is 0.485. The molecule has 23 heavy (non-hydrogen) atoms. The van der Waals surface area contributed by atoms with E-state index in [1.54, 1.807) is 0 Å². The lowest BCUT2D eigenvalue weighted by molar-refractivity contribution is 0.153. The third kappa shape index (κ3) is 2.70. The molecule has 1 atom stereocenters. The molecule has 0 aliphatic carbocycles. The fraction of sp³-hybridized carbons (Fsp3) is 0.500. The Balaban J connectivity index is 1.77. The molecule has 1 aromatic heterocycles. The molecule has 0 amide bonds. The number of hydrogen-bond acceptors (Lipinski definition) is 3. The molecule has 2 aromatic rings. The van der Waals surface area contributed by atoms with Crippen molar-refractivity contribution in [1.82, 2.24) is 14.7 Å². The normalized spacial score (nSPS) is 21.2. The third-order valence-corrected chi connectivity index (χ3v) is 5.62. The highest BCUT2D eigenvalue weighted by molar-refractivity contribution is 9.10. The van der Waals surface area contributed by atoms with E-state index in [1.807, 2.05) is 0 Å². The average Bonchev–Trinajstić information content (AvgIpc) is 3.18. The van der Waals surface area contributed by atoms with E-state index in [0.717, 1.165) is 29.7 Å². The molecular formula is C18H23BrN4. The summed E-state index contributed by atoms with van der Waals surface area (Å²) in [6.45, 7) is 5.60. The molecule has 1 saturated heterocycles. The number of nitrogens with one attached hydrogen (secondary N) is 1. The molecule has 1 unspecified atom stereocenters. The van der Waals surface area contributed by atoms with Crippen molar-refractivity contribution >= 4 is 21.7 Å². The number of fused-ring (bicyclic) bond motifs is 1. The van der Waals surface area contributed by atoms with Crippen LogP contribution in [0.15, 0.2) is 28.7 Å². The Kier molecular flexibility index (Phi) is 4.16. The van der Waals surface area contributed by atoms with Gasteiger partial charge in [0.2, 0.25) is 0 Å². The molecule has 1 aromatic carbocycles. The van der Waals surface area contributed by atoms with Gasteiger partial charge >= 0.3 is 0 Å². The first-order valence-electron chi connectivity index (χ1n) is 8.63. The molecule has 2 aliphatic heterocycles. The summed E-state index contributed by atoms with van der Waals surface area (Å²) in [6.07, 6.45) is 4.96. The number of likely N-dealkylation sites (tertiary alicyclic amines) is 1. The van der Waals surface area contributed by atoms with Crippen LogP contribution in [0, 0.1) is 0 Å². The van der Waals surface area contributed by atoms with Crippen LogP contribution < -0.4 is 5.32 Å². The van der Waals surface area contributed by atoms with E-state index in [0.29, 0.717) is 6.04 Å². The van der Waals surface area contributed by atoms with Gasteiger partial charge in [0.25, 0.3) is 0 Å². The van der Waals surface area contributed by atoms with Crippen LogP contribution in [0.2, 0.25) is 0 Å². The fourth-order valence-corrected chi connectivity index (χ4v) is 4.18. The van der Waals surface area contributed by atoms with Gasteiger partial charge in [-0.2, -0.15) is 5.10 Å². The van der Waals surface area contributed by atoms with Gasteiger partial charge in [0.15, 0.2) is 0 Å². The van der Waals surface area contributed by atoms with Crippen molar-refractivity contribution in [2.45, 2.75) is 38.6 Å². The Morgan fingerprint density at radius 2 is 2.09 bits per heavy atom. The van der Waals surface area contributed by atoms with Crippen molar-refractivity contribution in [3.05, 3.63) is 40.0 Å². The molecule has 1 fully saturated rings. The zero-order valence-corrected chi connectivity index (χ0v) is 15.1. The lowest BCUT2D eigenvalue weighted by Gasteiger charge is -2.34. The largest absolute Gasteiger partial charge is 0.369 e. The highest BCUT2D eigenvalue weighted by atomic mass is 79.9. The van der Waals surface area contributed by atoms with Gasteiger partial charge in [-0.25, -0.2) is 4.68 Å². The molecule has 1 N–H and O–H groups in total. The first kappa shape index (κ1) is 15.2. The summed E-state index contributed by atoms with van der Waals surface area (Å²) in [5.41, 5.74) is 3.86. The van der Waals surface area contributed by atoms with Crippen molar-refractivity contribution < 1.29 is 0 Å². The zero-order valence-electron chi connectivity index (χ0n) is 13.6. The fourth-order valence-electron chi connectivity index (χ4n) is 3.92. The molecule has 4 rings (SSSR count). The van der Waals surface area contributed by atoms with Gasteiger partial charge < -0.3 is 5.32 Å². The summed E-state index contributed by atoms with van der Waals surface area (Å²) in [5, 5.41) is 8.60. The smallest absolute Gasteiger partial charge is 0.133 e. The molecule has 0 saturated carbocycles. The van der Waals surface area contributed by atoms with Crippen LogP contribution in [-0.2, 0) is 6.42 Å². The second-order valence-electron chi connectivity index (χ2n) is 6.42. The molecule has 0 bridgehead atoms. The van der Waals surface area contributed by atoms with Crippen molar-refractivity contribution in [2.75, 3.05) is 25.0 Å². The Bertz CT molecular complexity index is 692. The highest BCUT2D eigenvalue weighted by Gasteiger charge is 2.31. The van der Waals surface area contributed by atoms with E-state index >= 15 is 0 Å². The first-order valence-corrected chi connectivity index (χ1v) is 9.43. The highest BCUT2D eigenvalue weighted by Crippen LogP contribution is 2.38. The zero-order chi connectivity index (χ0) is 15.8. The van der Waals surface area contributed by atoms with E-state index in [9.17, 15) is 0 Å². The molecule has 0 spiro atoms. The Hall–Kier alpha value is -1.33. The standard InChI is InChI=1S/C18H23BrN4/c1-2-22-12-4-3-5-16(22)17-15-10-11-20-18(15)23(21-17)14-8-6-13(19)7-9-14/h6-9,16,20H,2-5,10-12H2,1H3. The van der Waals surface area contributed by atoms with E-state index in [4.69, 9.17) is 5.10 Å². The number of halogens is 1. The molecule has 0 radical (unpaired) electrons. The minimum Gasteiger partial charge on any atom is -0.369 e. The topological polar surface area (TPSA) is 33.1 Å². The van der Waals surface area contributed by atoms with Gasteiger partial charge in [-0.15, -0.1) is 0 Å². The van der Waals surface area contributed by atoms with E-state index in [-0.39, 0.29) is 0 Å². The van der Waals surface area contributed by atoms with E-state index in [2.05, 4.69) is 62.0 Å². The quantitative estimate of drug-likeness (QED) is 0.875. The number of anilines is 1. The molecule has 122 valence electrons. The summed E-state index contributed by atoms with van der Waals surface area (Å²) in [4.78, 5) is 2.59. The predicted octanol–water partition coefficient (Wildman–Crippen LogP) is 4.15. The van der Waals surface area contributed by atoms with Gasteiger partial charge in [-0.3, -0.25) is 4.90 Å². The van der Waals surface area contributed by atoms with Crippen LogP contribution in [0.4, 0.5) is 5.82 Å². The number of piperidine rings is 1. The molecule has 2 aliphatic rings. The maximum Gasteiger partial charge on any atom is 0.133 e. The average molecular weight is 375 g/mol. The van der Waals surface area contributed by atoms with Gasteiger partial charge in [-0.05, 0) is 56.6 Å². The lowest BCUT2D eigenvalue weighted by atomic mass is 9.96. The second kappa shape index (κ2) is 6.29. The number of rotatable bonds is 3. The van der Waals surface area contributed by atoms with E-state index in [1.165, 1.54) is 42.9 Å². The van der Waals surface area contributed by atoms with Gasteiger partial charge in [0, 0.05) is 16.6 Å².